The molecule has 2 fully saturated rings. The maximum Gasteiger partial charge on any atom is 0.407 e. The van der Waals surface area contributed by atoms with Crippen molar-refractivity contribution in [2.75, 3.05) is 26.2 Å². The molecule has 0 unspecified atom stereocenters. The van der Waals surface area contributed by atoms with Crippen LogP contribution in [0.15, 0.2) is 30.3 Å². The zero-order valence-electron chi connectivity index (χ0n) is 15.3. The lowest BCUT2D eigenvalue weighted by atomic mass is 9.93. The van der Waals surface area contributed by atoms with Gasteiger partial charge in [0.1, 0.15) is 6.61 Å². The molecule has 2 heterocycles. The number of hydrogen-bond acceptors (Lipinski definition) is 4. The molecule has 0 aromatic heterocycles. The summed E-state index contributed by atoms with van der Waals surface area (Å²) in [7, 11) is 0. The molecule has 2 saturated heterocycles. The first-order valence-electron chi connectivity index (χ1n) is 9.66. The first-order chi connectivity index (χ1) is 12.7. The number of ether oxygens (including phenoxy) is 1. The number of nitrogens with zero attached hydrogens (tertiary/aromatic N) is 1. The van der Waals surface area contributed by atoms with E-state index in [1.165, 1.54) is 0 Å². The van der Waals surface area contributed by atoms with E-state index in [1.54, 1.807) is 0 Å². The largest absolute Gasteiger partial charge is 0.445 e. The fourth-order valence-corrected chi connectivity index (χ4v) is 3.67. The number of carbonyl (C=O) groups excluding carboxylic acids is 2. The summed E-state index contributed by atoms with van der Waals surface area (Å²) in [6.45, 7) is 3.76. The number of benzene rings is 1. The van der Waals surface area contributed by atoms with Crippen molar-refractivity contribution in [1.29, 1.82) is 0 Å². The van der Waals surface area contributed by atoms with Crippen molar-refractivity contribution in [2.24, 2.45) is 5.92 Å². The zero-order chi connectivity index (χ0) is 18.2. The molecule has 0 spiro atoms. The van der Waals surface area contributed by atoms with Crippen molar-refractivity contribution >= 4 is 12.0 Å². The third kappa shape index (κ3) is 5.73. The third-order valence-corrected chi connectivity index (χ3v) is 5.30. The minimum absolute atomic E-state index is 0.0844. The number of amides is 2. The van der Waals surface area contributed by atoms with Crippen LogP contribution < -0.4 is 10.6 Å². The fraction of sp³-hybridized carbons (Fsp3) is 0.600. The molecule has 0 aliphatic carbocycles. The molecule has 1 aromatic carbocycles. The predicted octanol–water partition coefficient (Wildman–Crippen LogP) is 2.29. The summed E-state index contributed by atoms with van der Waals surface area (Å²) in [6.07, 6.45) is 4.05. The minimum Gasteiger partial charge on any atom is -0.445 e. The second-order valence-corrected chi connectivity index (χ2v) is 7.26. The Morgan fingerprint density at radius 1 is 1.08 bits per heavy atom. The molecule has 0 bridgehead atoms. The number of piperidine rings is 2. The van der Waals surface area contributed by atoms with E-state index >= 15 is 0 Å². The lowest BCUT2D eigenvalue weighted by Crippen LogP contribution is -2.47. The van der Waals surface area contributed by atoms with Gasteiger partial charge in [0.15, 0.2) is 0 Å². The van der Waals surface area contributed by atoms with E-state index in [0.29, 0.717) is 25.4 Å². The van der Waals surface area contributed by atoms with Crippen LogP contribution in [0.3, 0.4) is 0 Å². The monoisotopic (exact) mass is 359 g/mol. The highest BCUT2D eigenvalue weighted by Crippen LogP contribution is 2.19. The summed E-state index contributed by atoms with van der Waals surface area (Å²) in [6, 6.07) is 9.73. The standard InChI is InChI=1S/C20H29N3O3/c24-19(14-16-6-10-21-11-7-16)23-12-8-18(9-13-23)22-20(25)26-15-17-4-2-1-3-5-17/h1-5,16,18,21H,6-15H2,(H,22,25). The van der Waals surface area contributed by atoms with Crippen LogP contribution in [-0.2, 0) is 16.1 Å². The number of likely N-dealkylation sites (tertiary alicyclic amines) is 1. The molecule has 2 amide bonds. The van der Waals surface area contributed by atoms with Crippen molar-refractivity contribution in [3.63, 3.8) is 0 Å². The molecular weight excluding hydrogens is 330 g/mol. The van der Waals surface area contributed by atoms with Gasteiger partial charge >= 0.3 is 6.09 Å². The molecule has 6 nitrogen and oxygen atoms in total. The summed E-state index contributed by atoms with van der Waals surface area (Å²) < 4.78 is 5.27. The van der Waals surface area contributed by atoms with E-state index in [-0.39, 0.29) is 24.6 Å². The van der Waals surface area contributed by atoms with Gasteiger partial charge in [0.05, 0.1) is 0 Å². The van der Waals surface area contributed by atoms with Crippen molar-refractivity contribution in [3.05, 3.63) is 35.9 Å². The maximum absolute atomic E-state index is 12.4. The number of nitrogens with one attached hydrogen (secondary N) is 2. The molecule has 0 atom stereocenters. The molecule has 0 saturated carbocycles. The normalized spacial score (nSPS) is 19.2. The van der Waals surface area contributed by atoms with E-state index in [0.717, 1.165) is 44.3 Å². The van der Waals surface area contributed by atoms with E-state index in [9.17, 15) is 9.59 Å². The molecule has 2 aliphatic rings. The lowest BCUT2D eigenvalue weighted by Gasteiger charge is -2.33. The van der Waals surface area contributed by atoms with Gasteiger partial charge in [0.25, 0.3) is 0 Å². The number of hydrogen-bond donors (Lipinski definition) is 2. The smallest absolute Gasteiger partial charge is 0.407 e. The summed E-state index contributed by atoms with van der Waals surface area (Å²) in [4.78, 5) is 26.3. The highest BCUT2D eigenvalue weighted by Gasteiger charge is 2.26. The van der Waals surface area contributed by atoms with Crippen molar-refractivity contribution < 1.29 is 14.3 Å². The summed E-state index contributed by atoms with van der Waals surface area (Å²) in [5, 5.41) is 6.26. The summed E-state index contributed by atoms with van der Waals surface area (Å²) >= 11 is 0. The van der Waals surface area contributed by atoms with Gasteiger partial charge < -0.3 is 20.3 Å². The van der Waals surface area contributed by atoms with Gasteiger partial charge in [-0.1, -0.05) is 30.3 Å². The second-order valence-electron chi connectivity index (χ2n) is 7.26. The highest BCUT2D eigenvalue weighted by atomic mass is 16.5. The van der Waals surface area contributed by atoms with Gasteiger partial charge in [-0.3, -0.25) is 4.79 Å². The molecule has 3 rings (SSSR count). The predicted molar refractivity (Wildman–Crippen MR) is 99.6 cm³/mol. The van der Waals surface area contributed by atoms with E-state index < -0.39 is 0 Å². The SMILES string of the molecule is O=C(NC1CCN(C(=O)CC2CCNCC2)CC1)OCc1ccccc1. The van der Waals surface area contributed by atoms with Crippen molar-refractivity contribution in [3.8, 4) is 0 Å². The second kappa shape index (κ2) is 9.57. The number of alkyl carbamates (subject to hydrolysis) is 1. The number of carbonyl (C=O) groups is 2. The van der Waals surface area contributed by atoms with Gasteiger partial charge in [-0.05, 0) is 50.3 Å². The van der Waals surface area contributed by atoms with Gasteiger partial charge in [-0.15, -0.1) is 0 Å². The third-order valence-electron chi connectivity index (χ3n) is 5.30. The minimum atomic E-state index is -0.381. The Hall–Kier alpha value is -2.08. The molecular formula is C20H29N3O3. The van der Waals surface area contributed by atoms with Gasteiger partial charge in [0.2, 0.25) is 5.91 Å². The van der Waals surface area contributed by atoms with Crippen LogP contribution in [0.1, 0.15) is 37.7 Å². The van der Waals surface area contributed by atoms with Gasteiger partial charge in [0, 0.05) is 25.6 Å². The van der Waals surface area contributed by atoms with E-state index in [4.69, 9.17) is 4.74 Å². The molecule has 2 N–H and O–H groups in total. The van der Waals surface area contributed by atoms with Crippen LogP contribution in [0, 0.1) is 5.92 Å². The molecule has 6 heteroatoms. The van der Waals surface area contributed by atoms with Crippen LogP contribution in [0.2, 0.25) is 0 Å². The Kier molecular flexibility index (Phi) is 6.89. The summed E-state index contributed by atoms with van der Waals surface area (Å²) in [5.41, 5.74) is 0.973. The molecule has 0 radical (unpaired) electrons. The van der Waals surface area contributed by atoms with Gasteiger partial charge in [-0.25, -0.2) is 4.79 Å². The Labute approximate surface area is 155 Å². The van der Waals surface area contributed by atoms with Crippen molar-refractivity contribution in [2.45, 2.75) is 44.8 Å². The van der Waals surface area contributed by atoms with Crippen molar-refractivity contribution in [1.82, 2.24) is 15.5 Å². The molecule has 26 heavy (non-hydrogen) atoms. The Bertz CT molecular complexity index is 579. The Morgan fingerprint density at radius 3 is 2.46 bits per heavy atom. The summed E-state index contributed by atoms with van der Waals surface area (Å²) in [5.74, 6) is 0.787. The van der Waals surface area contributed by atoms with Crippen LogP contribution in [0.5, 0.6) is 0 Å². The first-order valence-corrected chi connectivity index (χ1v) is 9.66. The average Bonchev–Trinajstić information content (AvgIpc) is 2.68. The van der Waals surface area contributed by atoms with Gasteiger partial charge in [-0.2, -0.15) is 0 Å². The highest BCUT2D eigenvalue weighted by molar-refractivity contribution is 5.76. The van der Waals surface area contributed by atoms with Crippen LogP contribution in [-0.4, -0.2) is 49.1 Å². The topological polar surface area (TPSA) is 70.7 Å². The van der Waals surface area contributed by atoms with Crippen LogP contribution in [0.25, 0.3) is 0 Å². The average molecular weight is 359 g/mol. The number of rotatable bonds is 5. The Morgan fingerprint density at radius 2 is 1.77 bits per heavy atom. The fourth-order valence-electron chi connectivity index (χ4n) is 3.67. The lowest BCUT2D eigenvalue weighted by molar-refractivity contribution is -0.133. The molecule has 2 aliphatic heterocycles. The molecule has 142 valence electrons. The van der Waals surface area contributed by atoms with Crippen LogP contribution >= 0.6 is 0 Å². The molecule has 1 aromatic rings. The zero-order valence-corrected chi connectivity index (χ0v) is 15.3. The van der Waals surface area contributed by atoms with E-state index in [1.807, 2.05) is 35.2 Å². The Balaban J connectivity index is 1.34. The maximum atomic E-state index is 12.4. The first kappa shape index (κ1) is 18.7. The van der Waals surface area contributed by atoms with E-state index in [2.05, 4.69) is 10.6 Å². The quantitative estimate of drug-likeness (QED) is 0.846. The van der Waals surface area contributed by atoms with Crippen LogP contribution in [0.4, 0.5) is 4.79 Å².